The van der Waals surface area contributed by atoms with Gasteiger partial charge in [-0.3, -0.25) is 9.59 Å². The van der Waals surface area contributed by atoms with E-state index >= 15 is 0 Å². The summed E-state index contributed by atoms with van der Waals surface area (Å²) in [5.41, 5.74) is 9.82. The number of carbonyl (C=O) groups is 2. The van der Waals surface area contributed by atoms with E-state index in [4.69, 9.17) is 0 Å². The highest BCUT2D eigenvalue weighted by molar-refractivity contribution is 5.93. The highest BCUT2D eigenvalue weighted by Crippen LogP contribution is 2.42. The van der Waals surface area contributed by atoms with Crippen molar-refractivity contribution in [3.63, 3.8) is 0 Å². The minimum atomic E-state index is -1.46. The summed E-state index contributed by atoms with van der Waals surface area (Å²) in [6, 6.07) is 25.2. The standard InChI is InChI=1S/C49H66N2O4/c1-34-31-42(50(38-15-7-3-8-16-38)39-17-9-4-10-18-39)27-29-44(34)47(37-25-23-36(24-26-37)33-46(48(52)53)49(54)55)45-30-28-43(32-35(45)2)51(40-19-11-5-12-20-40)41-21-13-6-14-22-41/h23-32,38-41,46-47H,3-22,33H2,1-2H3,(H,52,53)(H,54,55). The Kier molecular flexibility index (Phi) is 13.2. The molecule has 0 radical (unpaired) electrons. The second-order valence-corrected chi connectivity index (χ2v) is 17.7. The van der Waals surface area contributed by atoms with E-state index in [1.54, 1.807) is 0 Å². The Morgan fingerprint density at radius 2 is 0.873 bits per heavy atom. The Bertz CT molecular complexity index is 1590. The first-order chi connectivity index (χ1) is 26.8. The molecule has 0 unspecified atom stereocenters. The Morgan fingerprint density at radius 1 is 0.527 bits per heavy atom. The monoisotopic (exact) mass is 747 g/mol. The molecule has 4 aliphatic carbocycles. The third kappa shape index (κ3) is 9.26. The van der Waals surface area contributed by atoms with E-state index < -0.39 is 17.9 Å². The fraction of sp³-hybridized carbons (Fsp3) is 0.592. The molecule has 296 valence electrons. The molecule has 3 aromatic carbocycles. The van der Waals surface area contributed by atoms with E-state index in [0.717, 1.165) is 11.1 Å². The molecule has 0 amide bonds. The van der Waals surface area contributed by atoms with Crippen LogP contribution in [0.2, 0.25) is 0 Å². The average molecular weight is 747 g/mol. The van der Waals surface area contributed by atoms with E-state index in [9.17, 15) is 19.8 Å². The molecule has 0 aromatic heterocycles. The van der Waals surface area contributed by atoms with Gasteiger partial charge in [0.25, 0.3) is 0 Å². The molecule has 0 aliphatic heterocycles. The number of hydrogen-bond acceptors (Lipinski definition) is 4. The van der Waals surface area contributed by atoms with Crippen LogP contribution >= 0.6 is 0 Å². The third-order valence-electron chi connectivity index (χ3n) is 13.9. The molecule has 3 aromatic rings. The van der Waals surface area contributed by atoms with Gasteiger partial charge in [0.1, 0.15) is 0 Å². The zero-order valence-electron chi connectivity index (χ0n) is 33.7. The molecule has 7 rings (SSSR count). The van der Waals surface area contributed by atoms with Crippen LogP contribution in [0.5, 0.6) is 0 Å². The van der Waals surface area contributed by atoms with Gasteiger partial charge in [0.2, 0.25) is 0 Å². The van der Waals surface area contributed by atoms with Crippen molar-refractivity contribution >= 4 is 23.3 Å². The van der Waals surface area contributed by atoms with Crippen LogP contribution in [0.4, 0.5) is 11.4 Å². The smallest absolute Gasteiger partial charge is 0.318 e. The first-order valence-electron chi connectivity index (χ1n) is 22.1. The van der Waals surface area contributed by atoms with Gasteiger partial charge in [0.15, 0.2) is 5.92 Å². The number of aliphatic carboxylic acids is 2. The summed E-state index contributed by atoms with van der Waals surface area (Å²) in [4.78, 5) is 29.1. The molecule has 0 heterocycles. The average Bonchev–Trinajstić information content (AvgIpc) is 3.20. The van der Waals surface area contributed by atoms with Crippen molar-refractivity contribution in [2.24, 2.45) is 5.92 Å². The number of carboxylic acids is 2. The van der Waals surface area contributed by atoms with Crippen LogP contribution in [0.1, 0.15) is 168 Å². The molecule has 0 saturated heterocycles. The van der Waals surface area contributed by atoms with Gasteiger partial charge in [0, 0.05) is 41.5 Å². The van der Waals surface area contributed by atoms with E-state index in [1.165, 1.54) is 162 Å². The number of nitrogens with zero attached hydrogens (tertiary/aromatic N) is 2. The largest absolute Gasteiger partial charge is 0.481 e. The summed E-state index contributed by atoms with van der Waals surface area (Å²) in [6.45, 7) is 4.59. The number of benzene rings is 3. The lowest BCUT2D eigenvalue weighted by Crippen LogP contribution is -2.45. The number of hydrogen-bond donors (Lipinski definition) is 2. The van der Waals surface area contributed by atoms with Crippen LogP contribution in [-0.2, 0) is 16.0 Å². The van der Waals surface area contributed by atoms with Crippen molar-refractivity contribution in [2.75, 3.05) is 9.80 Å². The second-order valence-electron chi connectivity index (χ2n) is 17.7. The normalized spacial score (nSPS) is 19.5. The SMILES string of the molecule is Cc1cc(N(C2CCCCC2)C2CCCCC2)ccc1C(c1ccc(CC(C(=O)O)C(=O)O)cc1)c1ccc(N(C2CCCCC2)C2CCCCC2)cc1C. The molecule has 6 heteroatoms. The highest BCUT2D eigenvalue weighted by atomic mass is 16.4. The summed E-state index contributed by atoms with van der Waals surface area (Å²) in [6.07, 6.45) is 26.4. The van der Waals surface area contributed by atoms with E-state index in [0.29, 0.717) is 24.2 Å². The topological polar surface area (TPSA) is 81.1 Å². The lowest BCUT2D eigenvalue weighted by Gasteiger charge is -2.44. The van der Waals surface area contributed by atoms with Crippen LogP contribution in [0, 0.1) is 19.8 Å². The number of carboxylic acid groups (broad SMARTS) is 2. The fourth-order valence-electron chi connectivity index (χ4n) is 11.1. The molecular weight excluding hydrogens is 681 g/mol. The maximum atomic E-state index is 11.7. The summed E-state index contributed by atoms with van der Waals surface area (Å²) in [5, 5.41) is 19.1. The van der Waals surface area contributed by atoms with Gasteiger partial charge in [-0.15, -0.1) is 0 Å². The van der Waals surface area contributed by atoms with Crippen molar-refractivity contribution < 1.29 is 19.8 Å². The summed E-state index contributed by atoms with van der Waals surface area (Å²) >= 11 is 0. The number of rotatable bonds is 13. The molecule has 2 N–H and O–H groups in total. The van der Waals surface area contributed by atoms with Crippen molar-refractivity contribution in [3.8, 4) is 0 Å². The van der Waals surface area contributed by atoms with Gasteiger partial charge in [-0.1, -0.05) is 113 Å². The van der Waals surface area contributed by atoms with E-state index in [-0.39, 0.29) is 12.3 Å². The van der Waals surface area contributed by atoms with Crippen LogP contribution in [0.3, 0.4) is 0 Å². The molecule has 4 aliphatic rings. The molecule has 0 spiro atoms. The Labute approximate surface area is 330 Å². The summed E-state index contributed by atoms with van der Waals surface area (Å²) < 4.78 is 0. The lowest BCUT2D eigenvalue weighted by atomic mass is 9.80. The minimum absolute atomic E-state index is 0.0116. The Balaban J connectivity index is 1.27. The van der Waals surface area contributed by atoms with Crippen LogP contribution < -0.4 is 9.80 Å². The van der Waals surface area contributed by atoms with E-state index in [1.807, 2.05) is 12.1 Å². The summed E-state index contributed by atoms with van der Waals surface area (Å²) in [5.74, 6) is -4.07. The number of anilines is 2. The second kappa shape index (κ2) is 18.4. The van der Waals surface area contributed by atoms with Gasteiger partial charge in [0.05, 0.1) is 0 Å². The van der Waals surface area contributed by atoms with Gasteiger partial charge >= 0.3 is 11.9 Å². The quantitative estimate of drug-likeness (QED) is 0.134. The van der Waals surface area contributed by atoms with Crippen molar-refractivity contribution in [3.05, 3.63) is 94.0 Å². The van der Waals surface area contributed by atoms with Gasteiger partial charge < -0.3 is 20.0 Å². The van der Waals surface area contributed by atoms with Crippen molar-refractivity contribution in [1.29, 1.82) is 0 Å². The summed E-state index contributed by atoms with van der Waals surface area (Å²) in [7, 11) is 0. The molecular formula is C49H66N2O4. The molecule has 0 atom stereocenters. The fourth-order valence-corrected chi connectivity index (χ4v) is 11.1. The van der Waals surface area contributed by atoms with E-state index in [2.05, 4.69) is 72.2 Å². The van der Waals surface area contributed by atoms with Crippen molar-refractivity contribution in [2.45, 2.75) is 179 Å². The molecule has 4 fully saturated rings. The Hall–Kier alpha value is -3.80. The van der Waals surface area contributed by atoms with Crippen LogP contribution in [0.15, 0.2) is 60.7 Å². The lowest BCUT2D eigenvalue weighted by molar-refractivity contribution is -0.154. The maximum Gasteiger partial charge on any atom is 0.318 e. The van der Waals surface area contributed by atoms with Gasteiger partial charge in [-0.25, -0.2) is 0 Å². The first-order valence-corrected chi connectivity index (χ1v) is 22.1. The molecule has 4 saturated carbocycles. The maximum absolute atomic E-state index is 11.7. The molecule has 6 nitrogen and oxygen atoms in total. The van der Waals surface area contributed by atoms with Gasteiger partial charge in [-0.2, -0.15) is 0 Å². The third-order valence-corrected chi connectivity index (χ3v) is 13.9. The number of aryl methyl sites for hydroxylation is 2. The predicted octanol–water partition coefficient (Wildman–Crippen LogP) is 11.8. The first kappa shape index (κ1) is 39.4. The molecule has 0 bridgehead atoms. The van der Waals surface area contributed by atoms with Crippen LogP contribution in [0.25, 0.3) is 0 Å². The van der Waals surface area contributed by atoms with Gasteiger partial charge in [-0.05, 0) is 129 Å². The van der Waals surface area contributed by atoms with Crippen molar-refractivity contribution in [1.82, 2.24) is 0 Å². The zero-order valence-corrected chi connectivity index (χ0v) is 33.7. The zero-order chi connectivity index (χ0) is 38.3. The molecule has 55 heavy (non-hydrogen) atoms. The predicted molar refractivity (Wildman–Crippen MR) is 225 cm³/mol. The highest BCUT2D eigenvalue weighted by Gasteiger charge is 2.33. The minimum Gasteiger partial charge on any atom is -0.481 e. The van der Waals surface area contributed by atoms with Crippen LogP contribution in [-0.4, -0.2) is 46.3 Å². The Morgan fingerprint density at radius 3 is 1.18 bits per heavy atom.